The van der Waals surface area contributed by atoms with Gasteiger partial charge in [0.15, 0.2) is 0 Å². The molecule has 0 aromatic carbocycles. The van der Waals surface area contributed by atoms with Gasteiger partial charge in [-0.15, -0.1) is 0 Å². The van der Waals surface area contributed by atoms with Gasteiger partial charge in [-0.1, -0.05) is 33.3 Å². The van der Waals surface area contributed by atoms with E-state index in [0.29, 0.717) is 11.8 Å². The van der Waals surface area contributed by atoms with Crippen molar-refractivity contribution in [2.45, 2.75) is 90.6 Å². The Balaban J connectivity index is 1.47. The van der Waals surface area contributed by atoms with E-state index in [1.807, 2.05) is 0 Å². The van der Waals surface area contributed by atoms with Crippen molar-refractivity contribution in [3.05, 3.63) is 11.8 Å². The van der Waals surface area contributed by atoms with Crippen LogP contribution in [0.15, 0.2) is 11.8 Å². The predicted octanol–water partition coefficient (Wildman–Crippen LogP) is 4.39. The summed E-state index contributed by atoms with van der Waals surface area (Å²) in [6, 6.07) is 1.55. The Morgan fingerprint density at radius 3 is 2.77 bits per heavy atom. The van der Waals surface area contributed by atoms with Gasteiger partial charge in [0, 0.05) is 29.6 Å². The molecule has 0 aromatic heterocycles. The fourth-order valence-electron chi connectivity index (χ4n) is 7.70. The van der Waals surface area contributed by atoms with Gasteiger partial charge < -0.3 is 10.6 Å². The Morgan fingerprint density at radius 1 is 1.23 bits per heavy atom. The number of allylic oxidation sites excluding steroid dienone is 2. The molecule has 1 saturated heterocycles. The molecule has 4 fully saturated rings. The summed E-state index contributed by atoms with van der Waals surface area (Å²) in [5, 5.41) is 7.29. The molecule has 3 heteroatoms. The fraction of sp³-hybridized carbons (Fsp3) is 0.870. The minimum atomic E-state index is 0.207. The van der Waals surface area contributed by atoms with E-state index in [2.05, 4.69) is 37.5 Å². The maximum Gasteiger partial charge on any atom is 0.224 e. The molecule has 3 nitrogen and oxygen atoms in total. The Bertz CT molecular complexity index is 638. The monoisotopic (exact) mass is 356 g/mol. The minimum absolute atomic E-state index is 0.207. The lowest BCUT2D eigenvalue weighted by atomic mass is 9.48. The number of hydrogen-bond donors (Lipinski definition) is 2. The second-order valence-corrected chi connectivity index (χ2v) is 10.6. The van der Waals surface area contributed by atoms with Crippen LogP contribution in [0.2, 0.25) is 0 Å². The standard InChI is InChI=1S/C23H36N2O/c1-4-14-13-19(24-15-5-6-15)23(3)11-9-17-16(21(14)23)7-8-18-22(17,2)12-10-20(26)25-18/h8,14-17,19,21,24H,4-7,9-13H2,1-3H3,(H,25,26)/t14-,16-,17+,19+,21+,22-,23-/m1/s1. The molecular formula is C23H36N2O. The van der Waals surface area contributed by atoms with Gasteiger partial charge in [0.25, 0.3) is 0 Å². The Labute approximate surface area is 158 Å². The lowest BCUT2D eigenvalue weighted by molar-refractivity contribution is -0.125. The number of amides is 1. The summed E-state index contributed by atoms with van der Waals surface area (Å²) in [4.78, 5) is 11.9. The number of nitrogens with one attached hydrogen (secondary N) is 2. The van der Waals surface area contributed by atoms with Crippen molar-refractivity contribution >= 4 is 5.91 Å². The lowest BCUT2D eigenvalue weighted by Gasteiger charge is -2.58. The second-order valence-electron chi connectivity index (χ2n) is 10.6. The summed E-state index contributed by atoms with van der Waals surface area (Å²) in [6.45, 7) is 7.49. The average Bonchev–Trinajstić information content (AvgIpc) is 3.38. The summed E-state index contributed by atoms with van der Waals surface area (Å²) in [7, 11) is 0. The van der Waals surface area contributed by atoms with Crippen molar-refractivity contribution in [3.8, 4) is 0 Å². The quantitative estimate of drug-likeness (QED) is 0.787. The molecule has 144 valence electrons. The molecule has 1 aliphatic heterocycles. The van der Waals surface area contributed by atoms with Crippen LogP contribution >= 0.6 is 0 Å². The number of carbonyl (C=O) groups excluding carboxylic acids is 1. The van der Waals surface area contributed by atoms with Crippen molar-refractivity contribution < 1.29 is 4.79 Å². The third kappa shape index (κ3) is 2.38. The summed E-state index contributed by atoms with van der Waals surface area (Å²) in [6.07, 6.45) is 13.6. The first-order valence-electron chi connectivity index (χ1n) is 11.2. The van der Waals surface area contributed by atoms with Gasteiger partial charge in [0.1, 0.15) is 0 Å². The summed E-state index contributed by atoms with van der Waals surface area (Å²) in [5.41, 5.74) is 1.94. The van der Waals surface area contributed by atoms with Crippen molar-refractivity contribution in [1.82, 2.24) is 10.6 Å². The molecule has 0 radical (unpaired) electrons. The normalized spacial score (nSPS) is 50.3. The third-order valence-corrected chi connectivity index (χ3v) is 9.29. The highest BCUT2D eigenvalue weighted by Gasteiger charge is 2.61. The summed E-state index contributed by atoms with van der Waals surface area (Å²) < 4.78 is 0. The van der Waals surface area contributed by atoms with Crippen LogP contribution < -0.4 is 10.6 Å². The van der Waals surface area contributed by atoms with E-state index in [-0.39, 0.29) is 11.3 Å². The minimum Gasteiger partial charge on any atom is -0.330 e. The zero-order chi connectivity index (χ0) is 18.1. The van der Waals surface area contributed by atoms with Crippen molar-refractivity contribution in [3.63, 3.8) is 0 Å². The summed E-state index contributed by atoms with van der Waals surface area (Å²) >= 11 is 0. The summed E-state index contributed by atoms with van der Waals surface area (Å²) in [5.74, 6) is 3.53. The van der Waals surface area contributed by atoms with Crippen LogP contribution in [0.25, 0.3) is 0 Å². The van der Waals surface area contributed by atoms with E-state index in [1.54, 1.807) is 0 Å². The van der Waals surface area contributed by atoms with E-state index in [9.17, 15) is 4.79 Å². The lowest BCUT2D eigenvalue weighted by Crippen LogP contribution is -2.55. The van der Waals surface area contributed by atoms with E-state index < -0.39 is 0 Å². The molecule has 7 atom stereocenters. The molecular weight excluding hydrogens is 320 g/mol. The largest absolute Gasteiger partial charge is 0.330 e. The Hall–Kier alpha value is -0.830. The zero-order valence-electron chi connectivity index (χ0n) is 16.8. The number of rotatable bonds is 3. The second kappa shape index (κ2) is 5.83. The molecule has 2 N–H and O–H groups in total. The molecule has 0 aromatic rings. The fourth-order valence-corrected chi connectivity index (χ4v) is 7.70. The smallest absolute Gasteiger partial charge is 0.224 e. The van der Waals surface area contributed by atoms with E-state index in [0.717, 1.165) is 42.2 Å². The van der Waals surface area contributed by atoms with Gasteiger partial charge in [-0.2, -0.15) is 0 Å². The van der Waals surface area contributed by atoms with E-state index in [4.69, 9.17) is 0 Å². The van der Waals surface area contributed by atoms with Crippen LogP contribution in [0.4, 0.5) is 0 Å². The van der Waals surface area contributed by atoms with Gasteiger partial charge in [-0.05, 0) is 74.0 Å². The van der Waals surface area contributed by atoms with E-state index in [1.165, 1.54) is 50.6 Å². The van der Waals surface area contributed by atoms with Crippen molar-refractivity contribution in [1.29, 1.82) is 0 Å². The van der Waals surface area contributed by atoms with Crippen LogP contribution in [0, 0.1) is 34.5 Å². The predicted molar refractivity (Wildman–Crippen MR) is 104 cm³/mol. The molecule has 26 heavy (non-hydrogen) atoms. The first-order chi connectivity index (χ1) is 12.5. The molecule has 1 amide bonds. The van der Waals surface area contributed by atoms with Gasteiger partial charge in [0.05, 0.1) is 0 Å². The molecule has 5 rings (SSSR count). The highest BCUT2D eigenvalue weighted by Crippen LogP contribution is 2.65. The van der Waals surface area contributed by atoms with Crippen LogP contribution in [0.1, 0.15) is 78.6 Å². The number of piperidine rings is 1. The van der Waals surface area contributed by atoms with Crippen LogP contribution in [0.3, 0.4) is 0 Å². The number of fused-ring (bicyclic) bond motifs is 5. The van der Waals surface area contributed by atoms with Crippen LogP contribution in [-0.2, 0) is 4.79 Å². The van der Waals surface area contributed by atoms with E-state index >= 15 is 0 Å². The first kappa shape index (κ1) is 17.3. The molecule has 5 aliphatic rings. The third-order valence-electron chi connectivity index (χ3n) is 9.29. The molecule has 0 bridgehead atoms. The van der Waals surface area contributed by atoms with Gasteiger partial charge in [-0.3, -0.25) is 4.79 Å². The van der Waals surface area contributed by atoms with Crippen LogP contribution in [0.5, 0.6) is 0 Å². The number of hydrogen-bond acceptors (Lipinski definition) is 2. The first-order valence-corrected chi connectivity index (χ1v) is 11.2. The molecule has 1 heterocycles. The molecule has 0 spiro atoms. The highest BCUT2D eigenvalue weighted by atomic mass is 16.1. The van der Waals surface area contributed by atoms with Crippen LogP contribution in [-0.4, -0.2) is 18.0 Å². The highest BCUT2D eigenvalue weighted by molar-refractivity contribution is 5.79. The maximum absolute atomic E-state index is 11.9. The zero-order valence-corrected chi connectivity index (χ0v) is 16.8. The number of carbonyl (C=O) groups is 1. The van der Waals surface area contributed by atoms with Crippen molar-refractivity contribution in [2.24, 2.45) is 34.5 Å². The van der Waals surface area contributed by atoms with Gasteiger partial charge in [-0.25, -0.2) is 0 Å². The topological polar surface area (TPSA) is 41.1 Å². The maximum atomic E-state index is 11.9. The Kier molecular flexibility index (Phi) is 3.88. The average molecular weight is 357 g/mol. The molecule has 3 saturated carbocycles. The molecule has 0 unspecified atom stereocenters. The Morgan fingerprint density at radius 2 is 2.04 bits per heavy atom. The van der Waals surface area contributed by atoms with Gasteiger partial charge >= 0.3 is 0 Å². The van der Waals surface area contributed by atoms with Gasteiger partial charge in [0.2, 0.25) is 5.91 Å². The molecule has 4 aliphatic carbocycles. The SMILES string of the molecule is CC[C@@H]1C[C@H](NC2CC2)[C@@]2(C)CC[C@H]3[C@@H](CC=C4NC(=O)CC[C@@]43C)[C@H]12. The van der Waals surface area contributed by atoms with Crippen molar-refractivity contribution in [2.75, 3.05) is 0 Å².